The highest BCUT2D eigenvalue weighted by molar-refractivity contribution is 7.17. The van der Waals surface area contributed by atoms with Crippen molar-refractivity contribution in [2.24, 2.45) is 0 Å². The molecule has 2 N–H and O–H groups in total. The van der Waals surface area contributed by atoms with Crippen LogP contribution in [0, 0.1) is 13.8 Å². The monoisotopic (exact) mass is 329 g/mol. The topological polar surface area (TPSA) is 88.4 Å². The van der Waals surface area contributed by atoms with Crippen LogP contribution in [0.15, 0.2) is 24.3 Å². The van der Waals surface area contributed by atoms with Crippen molar-refractivity contribution in [1.29, 1.82) is 0 Å². The summed E-state index contributed by atoms with van der Waals surface area (Å²) in [7, 11) is 0. The van der Waals surface area contributed by atoms with Crippen molar-refractivity contribution in [2.75, 3.05) is 10.6 Å². The molecule has 1 aromatic carbocycles. The fourth-order valence-corrected chi connectivity index (χ4v) is 3.01. The van der Waals surface area contributed by atoms with Gasteiger partial charge in [-0.1, -0.05) is 17.4 Å². The lowest BCUT2D eigenvalue weighted by Gasteiger charge is -2.05. The second-order valence-electron chi connectivity index (χ2n) is 5.09. The van der Waals surface area contributed by atoms with Crippen LogP contribution in [-0.4, -0.2) is 26.4 Å². The van der Waals surface area contributed by atoms with Gasteiger partial charge in [0.1, 0.15) is 0 Å². The number of thiazole rings is 1. The van der Waals surface area contributed by atoms with Crippen molar-refractivity contribution in [2.45, 2.75) is 20.8 Å². The van der Waals surface area contributed by atoms with E-state index in [0.717, 1.165) is 15.5 Å². The second-order valence-corrected chi connectivity index (χ2v) is 6.27. The normalized spacial score (nSPS) is 10.7. The fourth-order valence-electron chi connectivity index (χ4n) is 2.11. The van der Waals surface area contributed by atoms with Gasteiger partial charge in [-0.25, -0.2) is 4.52 Å². The number of aryl methyl sites for hydroxylation is 2. The molecule has 2 amide bonds. The highest BCUT2D eigenvalue weighted by atomic mass is 32.1. The number of amides is 2. The largest absolute Gasteiger partial charge is 0.326 e. The van der Waals surface area contributed by atoms with Gasteiger partial charge in [-0.05, 0) is 32.0 Å². The van der Waals surface area contributed by atoms with E-state index in [1.165, 1.54) is 18.3 Å². The summed E-state index contributed by atoms with van der Waals surface area (Å²) in [5.74, 6) is -0.261. The number of fused-ring (bicyclic) bond motifs is 1. The molecule has 7 nitrogen and oxygen atoms in total. The Morgan fingerprint density at radius 2 is 2.00 bits per heavy atom. The van der Waals surface area contributed by atoms with Crippen LogP contribution in [0.3, 0.4) is 0 Å². The molecule has 2 aromatic heterocycles. The second kappa shape index (κ2) is 5.81. The average Bonchev–Trinajstić information content (AvgIpc) is 2.98. The molecule has 0 bridgehead atoms. The minimum absolute atomic E-state index is 0.190. The maximum Gasteiger partial charge on any atom is 0.258 e. The maximum atomic E-state index is 12.3. The van der Waals surface area contributed by atoms with E-state index < -0.39 is 0 Å². The van der Waals surface area contributed by atoms with Crippen molar-refractivity contribution in [3.63, 3.8) is 0 Å². The van der Waals surface area contributed by atoms with Crippen molar-refractivity contribution >= 4 is 39.7 Å². The van der Waals surface area contributed by atoms with Crippen LogP contribution < -0.4 is 10.6 Å². The summed E-state index contributed by atoms with van der Waals surface area (Å²) in [6.07, 6.45) is 0. The summed E-state index contributed by atoms with van der Waals surface area (Å²) in [4.78, 5) is 29.6. The Balaban J connectivity index is 1.81. The zero-order chi connectivity index (χ0) is 16.6. The Hall–Kier alpha value is -2.74. The maximum absolute atomic E-state index is 12.3. The van der Waals surface area contributed by atoms with Gasteiger partial charge in [-0.15, -0.1) is 5.10 Å². The van der Waals surface area contributed by atoms with Gasteiger partial charge in [0.15, 0.2) is 0 Å². The van der Waals surface area contributed by atoms with Gasteiger partial charge in [-0.2, -0.15) is 4.98 Å². The van der Waals surface area contributed by atoms with Crippen LogP contribution in [0.5, 0.6) is 0 Å². The van der Waals surface area contributed by atoms with E-state index in [9.17, 15) is 9.59 Å². The quantitative estimate of drug-likeness (QED) is 0.773. The average molecular weight is 329 g/mol. The number of rotatable bonds is 3. The smallest absolute Gasteiger partial charge is 0.258 e. The summed E-state index contributed by atoms with van der Waals surface area (Å²) in [6.45, 7) is 5.37. The zero-order valence-corrected chi connectivity index (χ0v) is 13.7. The van der Waals surface area contributed by atoms with Crippen LogP contribution >= 0.6 is 11.3 Å². The molecule has 0 radical (unpaired) electrons. The van der Waals surface area contributed by atoms with Crippen molar-refractivity contribution in [3.8, 4) is 0 Å². The standard InChI is InChI=1S/C15H15N5O2S/c1-8-9(2)23-15-18-14(19-20(8)15)17-13(22)11-5-4-6-12(7-11)16-10(3)21/h4-7H,1-3H3,(H,16,21)(H,17,19,22). The Kier molecular flexibility index (Phi) is 3.83. The number of hydrogen-bond donors (Lipinski definition) is 2. The highest BCUT2D eigenvalue weighted by Crippen LogP contribution is 2.21. The number of carbonyl (C=O) groups excluding carboxylic acids is 2. The molecule has 0 atom stereocenters. The number of hydrogen-bond acceptors (Lipinski definition) is 5. The third-order valence-electron chi connectivity index (χ3n) is 3.32. The molecule has 0 aliphatic rings. The van der Waals surface area contributed by atoms with Crippen LogP contribution in [0.4, 0.5) is 11.6 Å². The Labute approximate surface area is 136 Å². The minimum Gasteiger partial charge on any atom is -0.326 e. The third-order valence-corrected chi connectivity index (χ3v) is 4.37. The van der Waals surface area contributed by atoms with E-state index in [4.69, 9.17) is 0 Å². The first kappa shape index (κ1) is 15.2. The molecule has 0 unspecified atom stereocenters. The van der Waals surface area contributed by atoms with E-state index in [2.05, 4.69) is 20.7 Å². The molecule has 8 heteroatoms. The molecule has 3 rings (SSSR count). The molecule has 0 fully saturated rings. The summed E-state index contributed by atoms with van der Waals surface area (Å²) < 4.78 is 1.71. The number of benzene rings is 1. The molecule has 3 aromatic rings. The number of carbonyl (C=O) groups is 2. The van der Waals surface area contributed by atoms with E-state index in [0.29, 0.717) is 11.3 Å². The van der Waals surface area contributed by atoms with Crippen molar-refractivity contribution in [1.82, 2.24) is 14.6 Å². The summed E-state index contributed by atoms with van der Waals surface area (Å²) in [6, 6.07) is 6.68. The summed E-state index contributed by atoms with van der Waals surface area (Å²) in [5.41, 5.74) is 1.99. The van der Waals surface area contributed by atoms with Gasteiger partial charge in [0.05, 0.1) is 5.69 Å². The molecule has 0 saturated carbocycles. The molecular formula is C15H15N5O2S. The van der Waals surface area contributed by atoms with Gasteiger partial charge in [0.25, 0.3) is 11.9 Å². The molecule has 0 saturated heterocycles. The van der Waals surface area contributed by atoms with E-state index >= 15 is 0 Å². The predicted molar refractivity (Wildman–Crippen MR) is 89.0 cm³/mol. The first-order valence-corrected chi connectivity index (χ1v) is 7.77. The summed E-state index contributed by atoms with van der Waals surface area (Å²) >= 11 is 1.52. The molecule has 0 spiro atoms. The summed E-state index contributed by atoms with van der Waals surface area (Å²) in [5, 5.41) is 9.60. The number of nitrogens with one attached hydrogen (secondary N) is 2. The van der Waals surface area contributed by atoms with Gasteiger partial charge in [0.2, 0.25) is 10.9 Å². The van der Waals surface area contributed by atoms with Crippen LogP contribution in [0.25, 0.3) is 4.96 Å². The molecule has 2 heterocycles. The Morgan fingerprint density at radius 1 is 1.22 bits per heavy atom. The van der Waals surface area contributed by atoms with E-state index in [1.807, 2.05) is 13.8 Å². The molecule has 0 aliphatic heterocycles. The molecule has 0 aliphatic carbocycles. The Morgan fingerprint density at radius 3 is 2.70 bits per heavy atom. The zero-order valence-electron chi connectivity index (χ0n) is 12.9. The SMILES string of the molecule is CC(=O)Nc1cccc(C(=O)Nc2nc3sc(C)c(C)n3n2)c1. The van der Waals surface area contributed by atoms with Crippen molar-refractivity contribution in [3.05, 3.63) is 40.4 Å². The molecule has 118 valence electrons. The molecule has 23 heavy (non-hydrogen) atoms. The lowest BCUT2D eigenvalue weighted by Crippen LogP contribution is -2.14. The number of anilines is 2. The number of aromatic nitrogens is 3. The van der Waals surface area contributed by atoms with E-state index in [1.54, 1.807) is 28.8 Å². The van der Waals surface area contributed by atoms with Gasteiger partial charge < -0.3 is 5.32 Å². The first-order chi connectivity index (χ1) is 10.9. The van der Waals surface area contributed by atoms with Gasteiger partial charge in [-0.3, -0.25) is 14.9 Å². The van der Waals surface area contributed by atoms with Crippen molar-refractivity contribution < 1.29 is 9.59 Å². The van der Waals surface area contributed by atoms with Crippen LogP contribution in [0.1, 0.15) is 27.9 Å². The fraction of sp³-hybridized carbons (Fsp3) is 0.200. The van der Waals surface area contributed by atoms with E-state index in [-0.39, 0.29) is 17.8 Å². The predicted octanol–water partition coefficient (Wildman–Crippen LogP) is 2.62. The lowest BCUT2D eigenvalue weighted by atomic mass is 10.2. The highest BCUT2D eigenvalue weighted by Gasteiger charge is 2.14. The third kappa shape index (κ3) is 3.07. The first-order valence-electron chi connectivity index (χ1n) is 6.96. The van der Waals surface area contributed by atoms with Gasteiger partial charge in [0, 0.05) is 23.1 Å². The number of nitrogens with zero attached hydrogens (tertiary/aromatic N) is 3. The lowest BCUT2D eigenvalue weighted by molar-refractivity contribution is -0.114. The molecular weight excluding hydrogens is 314 g/mol. The minimum atomic E-state index is -0.329. The van der Waals surface area contributed by atoms with Gasteiger partial charge >= 0.3 is 0 Å². The Bertz CT molecular complexity index is 912. The van der Waals surface area contributed by atoms with Crippen LogP contribution in [0.2, 0.25) is 0 Å². The van der Waals surface area contributed by atoms with Crippen LogP contribution in [-0.2, 0) is 4.79 Å².